The van der Waals surface area contributed by atoms with Crippen LogP contribution in [-0.2, 0) is 0 Å². The highest BCUT2D eigenvalue weighted by Crippen LogP contribution is 2.11. The lowest BCUT2D eigenvalue weighted by molar-refractivity contribution is 0.580. The zero-order chi connectivity index (χ0) is 21.0. The van der Waals surface area contributed by atoms with Crippen molar-refractivity contribution in [1.29, 1.82) is 0 Å². The van der Waals surface area contributed by atoms with E-state index in [-0.39, 0.29) is 5.95 Å². The van der Waals surface area contributed by atoms with Gasteiger partial charge in [-0.2, -0.15) is 15.0 Å². The number of anilines is 3. The first-order valence-electron chi connectivity index (χ1n) is 12.3. The van der Waals surface area contributed by atoms with Crippen molar-refractivity contribution in [3.63, 3.8) is 0 Å². The number of hydrogen-bond donors (Lipinski definition) is 3. The average Bonchev–Trinajstić information content (AvgIpc) is 2.71. The van der Waals surface area contributed by atoms with E-state index in [0.29, 0.717) is 11.9 Å². The molecule has 0 saturated heterocycles. The number of nitrogens with two attached hydrogens (primary N) is 1. The lowest BCUT2D eigenvalue weighted by Gasteiger charge is -2.09. The molecule has 29 heavy (non-hydrogen) atoms. The molecule has 0 radical (unpaired) electrons. The van der Waals surface area contributed by atoms with Crippen LogP contribution in [0.25, 0.3) is 0 Å². The number of nitrogens with zero attached hydrogens (tertiary/aromatic N) is 3. The van der Waals surface area contributed by atoms with Crippen molar-refractivity contribution >= 4 is 17.8 Å². The first-order valence-corrected chi connectivity index (χ1v) is 12.3. The number of unbranched alkanes of at least 4 members (excludes halogenated alkanes) is 14. The smallest absolute Gasteiger partial charge is 0.229 e. The van der Waals surface area contributed by atoms with Crippen molar-refractivity contribution in [2.75, 3.05) is 29.5 Å². The third-order valence-corrected chi connectivity index (χ3v) is 5.28. The Bertz CT molecular complexity index is 454. The van der Waals surface area contributed by atoms with E-state index >= 15 is 0 Å². The Kier molecular flexibility index (Phi) is 16.2. The minimum Gasteiger partial charge on any atom is -0.368 e. The molecule has 1 aromatic heterocycles. The molecule has 6 nitrogen and oxygen atoms in total. The second-order valence-corrected chi connectivity index (χ2v) is 8.14. The second-order valence-electron chi connectivity index (χ2n) is 8.14. The van der Waals surface area contributed by atoms with Gasteiger partial charge in [0, 0.05) is 13.1 Å². The van der Waals surface area contributed by atoms with Gasteiger partial charge in [-0.1, -0.05) is 104 Å². The molecule has 0 amide bonds. The third-order valence-electron chi connectivity index (χ3n) is 5.28. The van der Waals surface area contributed by atoms with E-state index < -0.39 is 0 Å². The SMILES string of the molecule is CCCCCCCCCCNc1nc(N)nc(NCCCCCCCCCC)n1. The van der Waals surface area contributed by atoms with Crippen molar-refractivity contribution in [2.24, 2.45) is 0 Å². The van der Waals surface area contributed by atoms with Gasteiger partial charge in [0.05, 0.1) is 0 Å². The summed E-state index contributed by atoms with van der Waals surface area (Å²) in [5.74, 6) is 1.44. The maximum absolute atomic E-state index is 5.84. The van der Waals surface area contributed by atoms with Crippen LogP contribution in [0.4, 0.5) is 17.8 Å². The molecule has 4 N–H and O–H groups in total. The Morgan fingerprint density at radius 1 is 0.517 bits per heavy atom. The Balaban J connectivity index is 2.09. The van der Waals surface area contributed by atoms with Gasteiger partial charge in [0.25, 0.3) is 0 Å². The predicted octanol–water partition coefficient (Wildman–Crippen LogP) is 6.56. The van der Waals surface area contributed by atoms with Crippen LogP contribution in [0.3, 0.4) is 0 Å². The summed E-state index contributed by atoms with van der Waals surface area (Å²) in [6.07, 6.45) is 21.0. The number of nitrogen functional groups attached to an aromatic ring is 1. The van der Waals surface area contributed by atoms with E-state index in [9.17, 15) is 0 Å². The molecule has 1 rings (SSSR count). The highest BCUT2D eigenvalue weighted by molar-refractivity contribution is 5.39. The van der Waals surface area contributed by atoms with Crippen LogP contribution >= 0.6 is 0 Å². The van der Waals surface area contributed by atoms with Gasteiger partial charge in [0.2, 0.25) is 17.8 Å². The molecular formula is C23H46N6. The van der Waals surface area contributed by atoms with E-state index in [1.807, 2.05) is 0 Å². The van der Waals surface area contributed by atoms with Crippen molar-refractivity contribution < 1.29 is 0 Å². The predicted molar refractivity (Wildman–Crippen MR) is 126 cm³/mol. The lowest BCUT2D eigenvalue weighted by Crippen LogP contribution is -2.12. The number of hydrogen-bond acceptors (Lipinski definition) is 6. The molecule has 1 heterocycles. The Hall–Kier alpha value is -1.59. The number of aromatic nitrogens is 3. The highest BCUT2D eigenvalue weighted by Gasteiger charge is 2.03. The van der Waals surface area contributed by atoms with Crippen LogP contribution in [0.15, 0.2) is 0 Å². The van der Waals surface area contributed by atoms with Crippen molar-refractivity contribution in [2.45, 2.75) is 117 Å². The molecule has 1 aromatic rings. The summed E-state index contributed by atoms with van der Waals surface area (Å²) in [6.45, 7) is 6.29. The fraction of sp³-hybridized carbons (Fsp3) is 0.870. The van der Waals surface area contributed by atoms with Crippen LogP contribution in [0.2, 0.25) is 0 Å². The first-order chi connectivity index (χ1) is 14.3. The third kappa shape index (κ3) is 15.0. The Morgan fingerprint density at radius 3 is 1.24 bits per heavy atom. The summed E-state index contributed by atoms with van der Waals surface area (Å²) in [6, 6.07) is 0. The maximum atomic E-state index is 5.84. The van der Waals surface area contributed by atoms with Crippen LogP contribution in [0.1, 0.15) is 117 Å². The van der Waals surface area contributed by atoms with Gasteiger partial charge in [0.15, 0.2) is 0 Å². The quantitative estimate of drug-likeness (QED) is 0.212. The summed E-state index contributed by atoms with van der Waals surface area (Å²) in [4.78, 5) is 12.8. The lowest BCUT2D eigenvalue weighted by atomic mass is 10.1. The molecule has 0 unspecified atom stereocenters. The molecule has 6 heteroatoms. The molecular weight excluding hydrogens is 360 g/mol. The molecule has 0 saturated carbocycles. The Morgan fingerprint density at radius 2 is 0.862 bits per heavy atom. The van der Waals surface area contributed by atoms with Gasteiger partial charge in [-0.15, -0.1) is 0 Å². The molecule has 0 bridgehead atoms. The molecule has 0 aromatic carbocycles. The molecule has 0 aliphatic carbocycles. The fourth-order valence-electron chi connectivity index (χ4n) is 3.47. The summed E-state index contributed by atoms with van der Waals surface area (Å²) in [5.41, 5.74) is 5.84. The minimum atomic E-state index is 0.275. The van der Waals surface area contributed by atoms with Crippen molar-refractivity contribution in [1.82, 2.24) is 15.0 Å². The van der Waals surface area contributed by atoms with E-state index in [4.69, 9.17) is 5.73 Å². The van der Waals surface area contributed by atoms with Crippen molar-refractivity contribution in [3.8, 4) is 0 Å². The van der Waals surface area contributed by atoms with Gasteiger partial charge in [-0.25, -0.2) is 0 Å². The van der Waals surface area contributed by atoms with Gasteiger partial charge in [0.1, 0.15) is 0 Å². The summed E-state index contributed by atoms with van der Waals surface area (Å²) < 4.78 is 0. The maximum Gasteiger partial charge on any atom is 0.229 e. The zero-order valence-corrected chi connectivity index (χ0v) is 19.1. The molecule has 0 aliphatic heterocycles. The number of nitrogens with one attached hydrogen (secondary N) is 2. The van der Waals surface area contributed by atoms with Crippen LogP contribution in [-0.4, -0.2) is 28.0 Å². The van der Waals surface area contributed by atoms with Gasteiger partial charge in [-0.05, 0) is 12.8 Å². The Labute approximate surface area is 179 Å². The minimum absolute atomic E-state index is 0.275. The summed E-state index contributed by atoms with van der Waals surface area (Å²) >= 11 is 0. The standard InChI is InChI=1S/C23H46N6/c1-3-5-7-9-11-13-15-17-19-25-22-27-21(24)28-23(29-22)26-20-18-16-14-12-10-8-6-4-2/h3-20H2,1-2H3,(H4,24,25,26,27,28,29). The fourth-order valence-corrected chi connectivity index (χ4v) is 3.47. The molecule has 168 valence electrons. The number of rotatable bonds is 20. The van der Waals surface area contributed by atoms with E-state index in [0.717, 1.165) is 25.9 Å². The summed E-state index contributed by atoms with van der Waals surface area (Å²) in [5, 5.41) is 6.58. The van der Waals surface area contributed by atoms with Gasteiger partial charge >= 0.3 is 0 Å². The second kappa shape index (κ2) is 18.4. The molecule has 0 atom stereocenters. The largest absolute Gasteiger partial charge is 0.368 e. The molecule has 0 spiro atoms. The normalized spacial score (nSPS) is 11.0. The average molecular weight is 407 g/mol. The van der Waals surface area contributed by atoms with E-state index in [2.05, 4.69) is 39.4 Å². The van der Waals surface area contributed by atoms with Gasteiger partial charge in [-0.3, -0.25) is 0 Å². The monoisotopic (exact) mass is 406 g/mol. The topological polar surface area (TPSA) is 88.8 Å². The first kappa shape index (κ1) is 25.4. The molecule has 0 aliphatic rings. The summed E-state index contributed by atoms with van der Waals surface area (Å²) in [7, 11) is 0. The van der Waals surface area contributed by atoms with Crippen LogP contribution in [0, 0.1) is 0 Å². The highest BCUT2D eigenvalue weighted by atomic mass is 15.2. The van der Waals surface area contributed by atoms with Crippen molar-refractivity contribution in [3.05, 3.63) is 0 Å². The zero-order valence-electron chi connectivity index (χ0n) is 19.1. The van der Waals surface area contributed by atoms with E-state index in [1.54, 1.807) is 0 Å². The van der Waals surface area contributed by atoms with Crippen LogP contribution in [0.5, 0.6) is 0 Å². The van der Waals surface area contributed by atoms with E-state index in [1.165, 1.54) is 89.9 Å². The van der Waals surface area contributed by atoms with Crippen LogP contribution < -0.4 is 16.4 Å². The van der Waals surface area contributed by atoms with Gasteiger partial charge < -0.3 is 16.4 Å². The molecule has 0 fully saturated rings.